The van der Waals surface area contributed by atoms with E-state index in [0.29, 0.717) is 23.2 Å². The molecule has 6 heteroatoms. The molecule has 0 saturated heterocycles. The highest BCUT2D eigenvalue weighted by Gasteiger charge is 2.12. The Morgan fingerprint density at radius 2 is 1.83 bits per heavy atom. The van der Waals surface area contributed by atoms with Crippen molar-refractivity contribution in [2.45, 2.75) is 6.54 Å². The van der Waals surface area contributed by atoms with Crippen LogP contribution in [0.3, 0.4) is 0 Å². The lowest BCUT2D eigenvalue weighted by atomic mass is 10.0. The van der Waals surface area contributed by atoms with Crippen LogP contribution in [-0.4, -0.2) is 23.0 Å². The number of nitrogens with zero attached hydrogens (tertiary/aromatic N) is 1. The molecule has 0 bridgehead atoms. The Balaban J connectivity index is 1.58. The lowest BCUT2D eigenvalue weighted by Gasteiger charge is -2.08. The molecule has 0 aliphatic heterocycles. The van der Waals surface area contributed by atoms with Crippen LogP contribution in [0.4, 0.5) is 0 Å². The predicted molar refractivity (Wildman–Crippen MR) is 112 cm³/mol. The van der Waals surface area contributed by atoms with Gasteiger partial charge in [-0.15, -0.1) is 0 Å². The van der Waals surface area contributed by atoms with E-state index in [2.05, 4.69) is 15.3 Å². The average molecular weight is 385 g/mol. The van der Waals surface area contributed by atoms with E-state index in [1.807, 2.05) is 60.7 Å². The number of ether oxygens (including phenoxy) is 1. The van der Waals surface area contributed by atoms with Crippen LogP contribution < -0.4 is 15.6 Å². The third-order valence-electron chi connectivity index (χ3n) is 4.61. The van der Waals surface area contributed by atoms with Gasteiger partial charge in [-0.1, -0.05) is 48.5 Å². The van der Waals surface area contributed by atoms with E-state index >= 15 is 0 Å². The SMILES string of the molecule is COc1cccc(CNC(=O)c2nc3ccc(-c4ccccc4)cc3c(=O)[nH]2)c1. The molecule has 4 rings (SSSR count). The number of aromatic amines is 1. The van der Waals surface area contributed by atoms with E-state index in [-0.39, 0.29) is 11.4 Å². The number of benzene rings is 3. The number of rotatable bonds is 5. The van der Waals surface area contributed by atoms with Gasteiger partial charge in [0.15, 0.2) is 5.82 Å². The molecule has 0 fully saturated rings. The molecule has 144 valence electrons. The largest absolute Gasteiger partial charge is 0.497 e. The van der Waals surface area contributed by atoms with E-state index in [9.17, 15) is 9.59 Å². The van der Waals surface area contributed by atoms with Crippen molar-refractivity contribution in [2.24, 2.45) is 0 Å². The Labute approximate surface area is 167 Å². The van der Waals surface area contributed by atoms with Gasteiger partial charge in [0.1, 0.15) is 5.75 Å². The van der Waals surface area contributed by atoms with Gasteiger partial charge in [-0.3, -0.25) is 9.59 Å². The molecule has 6 nitrogen and oxygen atoms in total. The molecule has 4 aromatic rings. The van der Waals surface area contributed by atoms with Crippen molar-refractivity contribution >= 4 is 16.8 Å². The van der Waals surface area contributed by atoms with E-state index in [4.69, 9.17) is 4.74 Å². The van der Waals surface area contributed by atoms with Gasteiger partial charge in [0.25, 0.3) is 11.5 Å². The lowest BCUT2D eigenvalue weighted by Crippen LogP contribution is -2.27. The zero-order valence-corrected chi connectivity index (χ0v) is 15.8. The first kappa shape index (κ1) is 18.4. The smallest absolute Gasteiger partial charge is 0.287 e. The first-order chi connectivity index (χ1) is 14.1. The summed E-state index contributed by atoms with van der Waals surface area (Å²) in [5, 5.41) is 3.21. The van der Waals surface area contributed by atoms with Crippen molar-refractivity contribution in [3.8, 4) is 16.9 Å². The van der Waals surface area contributed by atoms with E-state index < -0.39 is 5.91 Å². The van der Waals surface area contributed by atoms with E-state index in [1.165, 1.54) is 0 Å². The van der Waals surface area contributed by atoms with Crippen LogP contribution >= 0.6 is 0 Å². The topological polar surface area (TPSA) is 84.1 Å². The second-order valence-corrected chi connectivity index (χ2v) is 6.55. The third-order valence-corrected chi connectivity index (χ3v) is 4.61. The van der Waals surface area contributed by atoms with Gasteiger partial charge in [0.05, 0.1) is 18.0 Å². The number of fused-ring (bicyclic) bond motifs is 1. The van der Waals surface area contributed by atoms with Gasteiger partial charge in [-0.05, 0) is 41.0 Å². The van der Waals surface area contributed by atoms with Crippen LogP contribution in [0.25, 0.3) is 22.0 Å². The van der Waals surface area contributed by atoms with Crippen LogP contribution in [0.15, 0.2) is 77.6 Å². The Hall–Kier alpha value is -3.93. The van der Waals surface area contributed by atoms with Gasteiger partial charge in [-0.2, -0.15) is 0 Å². The van der Waals surface area contributed by atoms with Crippen LogP contribution in [0.2, 0.25) is 0 Å². The zero-order valence-electron chi connectivity index (χ0n) is 15.8. The average Bonchev–Trinajstić information content (AvgIpc) is 2.78. The quantitative estimate of drug-likeness (QED) is 0.550. The van der Waals surface area contributed by atoms with Gasteiger partial charge >= 0.3 is 0 Å². The van der Waals surface area contributed by atoms with Crippen molar-refractivity contribution < 1.29 is 9.53 Å². The maximum absolute atomic E-state index is 12.6. The molecule has 0 aliphatic rings. The molecule has 3 aromatic carbocycles. The molecule has 1 amide bonds. The molecule has 0 radical (unpaired) electrons. The number of carbonyl (C=O) groups excluding carboxylic acids is 1. The first-order valence-corrected chi connectivity index (χ1v) is 9.15. The van der Waals surface area contributed by atoms with Gasteiger partial charge < -0.3 is 15.0 Å². The summed E-state index contributed by atoms with van der Waals surface area (Å²) in [6.45, 7) is 0.296. The summed E-state index contributed by atoms with van der Waals surface area (Å²) < 4.78 is 5.18. The van der Waals surface area contributed by atoms with Crippen LogP contribution in [0.5, 0.6) is 5.75 Å². The molecule has 0 saturated carbocycles. The number of amides is 1. The molecular weight excluding hydrogens is 366 g/mol. The number of aromatic nitrogens is 2. The fourth-order valence-electron chi connectivity index (χ4n) is 3.10. The lowest BCUT2D eigenvalue weighted by molar-refractivity contribution is 0.0940. The number of hydrogen-bond acceptors (Lipinski definition) is 4. The Morgan fingerprint density at radius 3 is 2.62 bits per heavy atom. The summed E-state index contributed by atoms with van der Waals surface area (Å²) in [6, 6.07) is 22.6. The summed E-state index contributed by atoms with van der Waals surface area (Å²) >= 11 is 0. The maximum Gasteiger partial charge on any atom is 0.287 e. The summed E-state index contributed by atoms with van der Waals surface area (Å²) in [5.41, 5.74) is 2.93. The zero-order chi connectivity index (χ0) is 20.2. The molecule has 0 aliphatic carbocycles. The second-order valence-electron chi connectivity index (χ2n) is 6.55. The summed E-state index contributed by atoms with van der Waals surface area (Å²) in [4.78, 5) is 31.9. The minimum absolute atomic E-state index is 0.0159. The molecule has 0 unspecified atom stereocenters. The Bertz CT molecular complexity index is 1230. The van der Waals surface area contributed by atoms with Crippen molar-refractivity contribution in [1.82, 2.24) is 15.3 Å². The Morgan fingerprint density at radius 1 is 1.00 bits per heavy atom. The third kappa shape index (κ3) is 4.01. The highest BCUT2D eigenvalue weighted by atomic mass is 16.5. The number of carbonyl (C=O) groups is 1. The highest BCUT2D eigenvalue weighted by molar-refractivity contribution is 5.93. The Kier molecular flexibility index (Phi) is 5.07. The minimum atomic E-state index is -0.445. The molecule has 1 heterocycles. The van der Waals surface area contributed by atoms with Crippen molar-refractivity contribution in [3.05, 3.63) is 94.5 Å². The fourth-order valence-corrected chi connectivity index (χ4v) is 3.10. The van der Waals surface area contributed by atoms with Gasteiger partial charge in [-0.25, -0.2) is 4.98 Å². The first-order valence-electron chi connectivity index (χ1n) is 9.15. The van der Waals surface area contributed by atoms with E-state index in [1.54, 1.807) is 19.2 Å². The molecule has 1 aromatic heterocycles. The fraction of sp³-hybridized carbons (Fsp3) is 0.0870. The van der Waals surface area contributed by atoms with Crippen LogP contribution in [0.1, 0.15) is 16.2 Å². The van der Waals surface area contributed by atoms with E-state index in [0.717, 1.165) is 16.7 Å². The standard InChI is InChI=1S/C23H19N3O3/c1-29-18-9-5-6-15(12-18)14-24-23(28)21-25-20-11-10-17(13-19(20)22(27)26-21)16-7-3-2-4-8-16/h2-13H,14H2,1H3,(H,24,28)(H,25,26,27). The van der Waals surface area contributed by atoms with Crippen molar-refractivity contribution in [2.75, 3.05) is 7.11 Å². The number of H-pyrrole nitrogens is 1. The molecule has 29 heavy (non-hydrogen) atoms. The molecule has 0 spiro atoms. The summed E-state index contributed by atoms with van der Waals surface area (Å²) in [7, 11) is 1.59. The minimum Gasteiger partial charge on any atom is -0.497 e. The predicted octanol–water partition coefficient (Wildman–Crippen LogP) is 3.53. The second kappa shape index (κ2) is 7.98. The van der Waals surface area contributed by atoms with Crippen LogP contribution in [0, 0.1) is 0 Å². The molecule has 2 N–H and O–H groups in total. The maximum atomic E-state index is 12.6. The van der Waals surface area contributed by atoms with Gasteiger partial charge in [0, 0.05) is 6.54 Å². The van der Waals surface area contributed by atoms with Crippen molar-refractivity contribution in [3.63, 3.8) is 0 Å². The van der Waals surface area contributed by atoms with Crippen molar-refractivity contribution in [1.29, 1.82) is 0 Å². The monoisotopic (exact) mass is 385 g/mol. The summed E-state index contributed by atoms with van der Waals surface area (Å²) in [5.74, 6) is 0.250. The highest BCUT2D eigenvalue weighted by Crippen LogP contribution is 2.21. The summed E-state index contributed by atoms with van der Waals surface area (Å²) in [6.07, 6.45) is 0. The van der Waals surface area contributed by atoms with Gasteiger partial charge in [0.2, 0.25) is 0 Å². The molecular formula is C23H19N3O3. The normalized spacial score (nSPS) is 10.7. The number of nitrogens with one attached hydrogen (secondary N) is 2. The van der Waals surface area contributed by atoms with Crippen LogP contribution in [-0.2, 0) is 6.54 Å². The number of hydrogen-bond donors (Lipinski definition) is 2. The number of methoxy groups -OCH3 is 1. The molecule has 0 atom stereocenters.